The van der Waals surface area contributed by atoms with E-state index in [0.29, 0.717) is 5.69 Å². The molecule has 0 aliphatic carbocycles. The molecule has 0 aliphatic rings. The van der Waals surface area contributed by atoms with E-state index in [1.54, 1.807) is 17.5 Å². The lowest BCUT2D eigenvalue weighted by Crippen LogP contribution is -1.79. The number of pyridine rings is 1. The summed E-state index contributed by atoms with van der Waals surface area (Å²) in [6, 6.07) is 5.89. The second-order valence-electron chi connectivity index (χ2n) is 2.10. The highest BCUT2D eigenvalue weighted by Crippen LogP contribution is 2.21. The lowest BCUT2D eigenvalue weighted by atomic mass is 10.2. The third kappa shape index (κ3) is 0.883. The molecule has 0 fully saturated rings. The minimum Gasteiger partial charge on any atom is -0.245 e. The Balaban J connectivity index is 2.92. The van der Waals surface area contributed by atoms with Crippen LogP contribution in [0.25, 0.3) is 10.1 Å². The van der Waals surface area contributed by atoms with Gasteiger partial charge in [-0.25, -0.2) is 4.98 Å². The summed E-state index contributed by atoms with van der Waals surface area (Å²) in [5.41, 5.74) is 0.517. The summed E-state index contributed by atoms with van der Waals surface area (Å²) in [6.45, 7) is 0. The first-order chi connectivity index (χ1) is 5.42. The molecule has 52 valence electrons. The van der Waals surface area contributed by atoms with Crippen molar-refractivity contribution in [3.8, 4) is 6.07 Å². The molecular formula is C8H4N2S. The molecule has 3 heteroatoms. The molecule has 2 aromatic rings. The molecule has 0 radical (unpaired) electrons. The topological polar surface area (TPSA) is 36.7 Å². The highest BCUT2D eigenvalue weighted by Gasteiger charge is 1.99. The van der Waals surface area contributed by atoms with Gasteiger partial charge in [0.25, 0.3) is 0 Å². The maximum Gasteiger partial charge on any atom is 0.149 e. The first kappa shape index (κ1) is 6.32. The van der Waals surface area contributed by atoms with Crippen LogP contribution in [0.3, 0.4) is 0 Å². The molecule has 0 amide bonds. The monoisotopic (exact) mass is 160 g/mol. The zero-order chi connectivity index (χ0) is 7.68. The highest BCUT2D eigenvalue weighted by atomic mass is 32.1. The zero-order valence-corrected chi connectivity index (χ0v) is 6.43. The molecule has 2 heterocycles. The summed E-state index contributed by atoms with van der Waals surface area (Å²) in [4.78, 5) is 3.94. The molecule has 0 N–H and O–H groups in total. The molecule has 0 atom stereocenters. The van der Waals surface area contributed by atoms with E-state index in [9.17, 15) is 0 Å². The predicted octanol–water partition coefficient (Wildman–Crippen LogP) is 2.17. The Labute approximate surface area is 67.7 Å². The van der Waals surface area contributed by atoms with Crippen LogP contribution in [0.4, 0.5) is 0 Å². The summed E-state index contributed by atoms with van der Waals surface area (Å²) in [7, 11) is 0. The average molecular weight is 160 g/mol. The van der Waals surface area contributed by atoms with Gasteiger partial charge in [0.15, 0.2) is 0 Å². The fourth-order valence-corrected chi connectivity index (χ4v) is 1.77. The van der Waals surface area contributed by atoms with Gasteiger partial charge in [-0.05, 0) is 17.5 Å². The SMILES string of the molecule is N#Cc1nccc2sccc12. The Hall–Kier alpha value is -1.40. The van der Waals surface area contributed by atoms with Gasteiger partial charge < -0.3 is 0 Å². The van der Waals surface area contributed by atoms with Gasteiger partial charge in [-0.1, -0.05) is 0 Å². The molecule has 0 saturated heterocycles. The van der Waals surface area contributed by atoms with Crippen LogP contribution in [0.2, 0.25) is 0 Å². The third-order valence-corrected chi connectivity index (χ3v) is 2.37. The van der Waals surface area contributed by atoms with Crippen molar-refractivity contribution in [1.82, 2.24) is 4.98 Å². The van der Waals surface area contributed by atoms with E-state index < -0.39 is 0 Å². The van der Waals surface area contributed by atoms with E-state index in [-0.39, 0.29) is 0 Å². The summed E-state index contributed by atoms with van der Waals surface area (Å²) in [5.74, 6) is 0. The number of nitrogens with zero attached hydrogens (tertiary/aromatic N) is 2. The minimum absolute atomic E-state index is 0.517. The fourth-order valence-electron chi connectivity index (χ4n) is 0.984. The van der Waals surface area contributed by atoms with Crippen LogP contribution >= 0.6 is 11.3 Å². The lowest BCUT2D eigenvalue weighted by molar-refractivity contribution is 1.30. The molecule has 0 aliphatic heterocycles. The van der Waals surface area contributed by atoms with Gasteiger partial charge in [-0.15, -0.1) is 11.3 Å². The van der Waals surface area contributed by atoms with Crippen molar-refractivity contribution < 1.29 is 0 Å². The summed E-state index contributed by atoms with van der Waals surface area (Å²) in [6.07, 6.45) is 1.66. The van der Waals surface area contributed by atoms with E-state index >= 15 is 0 Å². The van der Waals surface area contributed by atoms with E-state index in [2.05, 4.69) is 11.1 Å². The van der Waals surface area contributed by atoms with Gasteiger partial charge in [0.1, 0.15) is 11.8 Å². The number of rotatable bonds is 0. The lowest BCUT2D eigenvalue weighted by Gasteiger charge is -1.88. The number of aromatic nitrogens is 1. The molecule has 0 unspecified atom stereocenters. The van der Waals surface area contributed by atoms with Crippen LogP contribution in [0.15, 0.2) is 23.7 Å². The number of hydrogen-bond donors (Lipinski definition) is 0. The quantitative estimate of drug-likeness (QED) is 0.592. The molecule has 2 aromatic heterocycles. The third-order valence-electron chi connectivity index (χ3n) is 1.49. The molecule has 11 heavy (non-hydrogen) atoms. The van der Waals surface area contributed by atoms with Crippen molar-refractivity contribution >= 4 is 21.4 Å². The van der Waals surface area contributed by atoms with Crippen molar-refractivity contribution in [2.45, 2.75) is 0 Å². The van der Waals surface area contributed by atoms with Crippen LogP contribution in [-0.2, 0) is 0 Å². The van der Waals surface area contributed by atoms with E-state index in [4.69, 9.17) is 5.26 Å². The maximum absolute atomic E-state index is 8.65. The molecule has 0 aromatic carbocycles. The Bertz CT molecular complexity index is 425. The van der Waals surface area contributed by atoms with Gasteiger partial charge in [0.2, 0.25) is 0 Å². The molecule has 0 spiro atoms. The fraction of sp³-hybridized carbons (Fsp3) is 0. The van der Waals surface area contributed by atoms with Crippen molar-refractivity contribution in [2.24, 2.45) is 0 Å². The van der Waals surface area contributed by atoms with Crippen LogP contribution in [0.5, 0.6) is 0 Å². The normalized spacial score (nSPS) is 9.73. The number of hydrogen-bond acceptors (Lipinski definition) is 3. The molecular weight excluding hydrogens is 156 g/mol. The van der Waals surface area contributed by atoms with Gasteiger partial charge in [0, 0.05) is 16.3 Å². The summed E-state index contributed by atoms with van der Waals surface area (Å²) >= 11 is 1.63. The highest BCUT2D eigenvalue weighted by molar-refractivity contribution is 7.17. The molecule has 2 rings (SSSR count). The van der Waals surface area contributed by atoms with Gasteiger partial charge in [-0.2, -0.15) is 5.26 Å². The summed E-state index contributed by atoms with van der Waals surface area (Å²) in [5, 5.41) is 11.6. The van der Waals surface area contributed by atoms with Gasteiger partial charge >= 0.3 is 0 Å². The van der Waals surface area contributed by atoms with E-state index in [1.165, 1.54) is 0 Å². The van der Waals surface area contributed by atoms with Crippen molar-refractivity contribution in [1.29, 1.82) is 5.26 Å². The number of fused-ring (bicyclic) bond motifs is 1. The molecule has 0 saturated carbocycles. The average Bonchev–Trinajstić information content (AvgIpc) is 2.50. The van der Waals surface area contributed by atoms with Gasteiger partial charge in [0.05, 0.1) is 0 Å². The Morgan fingerprint density at radius 3 is 3.18 bits per heavy atom. The first-order valence-corrected chi connectivity index (χ1v) is 4.02. The largest absolute Gasteiger partial charge is 0.245 e. The first-order valence-electron chi connectivity index (χ1n) is 3.14. The van der Waals surface area contributed by atoms with E-state index in [1.807, 2.05) is 17.5 Å². The van der Waals surface area contributed by atoms with Crippen molar-refractivity contribution in [3.63, 3.8) is 0 Å². The molecule has 0 bridgehead atoms. The summed E-state index contributed by atoms with van der Waals surface area (Å²) < 4.78 is 1.12. The van der Waals surface area contributed by atoms with Crippen molar-refractivity contribution in [2.75, 3.05) is 0 Å². The smallest absolute Gasteiger partial charge is 0.149 e. The zero-order valence-electron chi connectivity index (χ0n) is 5.61. The van der Waals surface area contributed by atoms with Crippen LogP contribution in [0.1, 0.15) is 5.69 Å². The molecule has 2 nitrogen and oxygen atoms in total. The van der Waals surface area contributed by atoms with Crippen LogP contribution in [-0.4, -0.2) is 4.98 Å². The predicted molar refractivity (Wildman–Crippen MR) is 44.3 cm³/mol. The van der Waals surface area contributed by atoms with Crippen molar-refractivity contribution in [3.05, 3.63) is 29.4 Å². The van der Waals surface area contributed by atoms with Gasteiger partial charge in [-0.3, -0.25) is 0 Å². The standard InChI is InChI=1S/C8H4N2S/c9-5-7-6-2-4-11-8(6)1-3-10-7/h1-4H. The van der Waals surface area contributed by atoms with E-state index in [0.717, 1.165) is 10.1 Å². The number of nitriles is 1. The van der Waals surface area contributed by atoms with Crippen LogP contribution < -0.4 is 0 Å². The second-order valence-corrected chi connectivity index (χ2v) is 3.05. The Morgan fingerprint density at radius 2 is 2.36 bits per heavy atom. The Morgan fingerprint density at radius 1 is 1.45 bits per heavy atom. The maximum atomic E-state index is 8.65. The van der Waals surface area contributed by atoms with Crippen LogP contribution in [0, 0.1) is 11.3 Å². The minimum atomic E-state index is 0.517. The number of thiophene rings is 1. The second kappa shape index (κ2) is 2.33. The Kier molecular flexibility index (Phi) is 1.34.